The highest BCUT2D eigenvalue weighted by Gasteiger charge is 2.79. The molecule has 0 aromatic heterocycles. The molecule has 0 amide bonds. The molecule has 7 nitrogen and oxygen atoms in total. The summed E-state index contributed by atoms with van der Waals surface area (Å²) in [6.45, 7) is 21.0. The zero-order chi connectivity index (χ0) is 27.6. The number of carbonyl (C=O) groups is 1. The summed E-state index contributed by atoms with van der Waals surface area (Å²) >= 11 is 0. The highest BCUT2D eigenvalue weighted by Crippen LogP contribution is 2.73. The Kier molecular flexibility index (Phi) is 7.31. The minimum atomic E-state index is -2.15. The summed E-state index contributed by atoms with van der Waals surface area (Å²) in [4.78, 5) is 16.8. The number of hydrogen-bond acceptors (Lipinski definition) is 7. The minimum Gasteiger partial charge on any atom is -0.465 e. The summed E-state index contributed by atoms with van der Waals surface area (Å²) in [6, 6.07) is 0. The molecule has 2 bridgehead atoms. The predicted octanol–water partition coefficient (Wildman–Crippen LogP) is 4.89. The van der Waals surface area contributed by atoms with Crippen molar-refractivity contribution >= 4 is 14.3 Å². The average Bonchev–Trinajstić information content (AvgIpc) is 3.42. The van der Waals surface area contributed by atoms with Crippen molar-refractivity contribution in [3.63, 3.8) is 0 Å². The maximum Gasteiger partial charge on any atom is 0.316 e. The quantitative estimate of drug-likeness (QED) is 0.275. The van der Waals surface area contributed by atoms with Crippen molar-refractivity contribution in [3.8, 4) is 0 Å². The Morgan fingerprint density at radius 1 is 1.08 bits per heavy atom. The summed E-state index contributed by atoms with van der Waals surface area (Å²) in [7, 11) is -2.15. The SMILES string of the molecule is C=C(C)C[C@@]1(O)CC[C@]2(O[Si](C)(C)C)[C@@]3(C(=O)OCC)CCC[C@@]2(CN(CC)C3)[C@@H]2CCC3(OCCO3)[C@@H]21. The van der Waals surface area contributed by atoms with E-state index < -0.39 is 30.7 Å². The summed E-state index contributed by atoms with van der Waals surface area (Å²) in [6.07, 6.45) is 6.06. The molecule has 1 N–H and O–H groups in total. The average molecular weight is 550 g/mol. The lowest BCUT2D eigenvalue weighted by Crippen LogP contribution is -2.78. The van der Waals surface area contributed by atoms with Crippen LogP contribution in [0, 0.1) is 22.7 Å². The van der Waals surface area contributed by atoms with Gasteiger partial charge < -0.3 is 28.6 Å². The number of piperidine rings is 1. The van der Waals surface area contributed by atoms with Crippen LogP contribution < -0.4 is 0 Å². The molecule has 5 fully saturated rings. The zero-order valence-electron chi connectivity index (χ0n) is 24.7. The normalized spacial score (nSPS) is 42.4. The summed E-state index contributed by atoms with van der Waals surface area (Å²) in [5.41, 5.74) is -1.85. The van der Waals surface area contributed by atoms with Crippen LogP contribution in [0.15, 0.2) is 12.2 Å². The van der Waals surface area contributed by atoms with Crippen LogP contribution in [0.2, 0.25) is 19.6 Å². The molecule has 0 aromatic rings. The fourth-order valence-corrected chi connectivity index (χ4v) is 11.5. The molecule has 0 unspecified atom stereocenters. The van der Waals surface area contributed by atoms with E-state index in [-0.39, 0.29) is 23.2 Å². The number of rotatable bonds is 7. The molecule has 3 aliphatic carbocycles. The third-order valence-electron chi connectivity index (χ3n) is 10.7. The van der Waals surface area contributed by atoms with Crippen molar-refractivity contribution in [2.75, 3.05) is 39.5 Å². The Bertz CT molecular complexity index is 946. The van der Waals surface area contributed by atoms with Gasteiger partial charge in [0.05, 0.1) is 31.0 Å². The van der Waals surface area contributed by atoms with Gasteiger partial charge in [-0.2, -0.15) is 0 Å². The Balaban J connectivity index is 1.78. The van der Waals surface area contributed by atoms with Gasteiger partial charge in [-0.15, -0.1) is 6.58 Å². The maximum atomic E-state index is 14.3. The van der Waals surface area contributed by atoms with Crippen molar-refractivity contribution in [1.82, 2.24) is 4.90 Å². The number of aliphatic hydroxyl groups is 1. The van der Waals surface area contributed by atoms with E-state index >= 15 is 0 Å². The lowest BCUT2D eigenvalue weighted by molar-refractivity contribution is -0.269. The molecule has 6 atom stereocenters. The van der Waals surface area contributed by atoms with Gasteiger partial charge >= 0.3 is 5.97 Å². The molecule has 2 heterocycles. The second kappa shape index (κ2) is 9.66. The van der Waals surface area contributed by atoms with Crippen LogP contribution in [0.4, 0.5) is 0 Å². The number of likely N-dealkylation sites (tertiary alicyclic amines) is 1. The number of fused-ring (bicyclic) bond motifs is 2. The van der Waals surface area contributed by atoms with E-state index in [1.165, 1.54) is 0 Å². The predicted molar refractivity (Wildman–Crippen MR) is 149 cm³/mol. The Morgan fingerprint density at radius 3 is 2.39 bits per heavy atom. The van der Waals surface area contributed by atoms with Gasteiger partial charge in [0.25, 0.3) is 0 Å². The van der Waals surface area contributed by atoms with Gasteiger partial charge in [0.2, 0.25) is 0 Å². The molecule has 0 aromatic carbocycles. The van der Waals surface area contributed by atoms with Crippen LogP contribution >= 0.6 is 0 Å². The minimum absolute atomic E-state index is 0.104. The van der Waals surface area contributed by atoms with Gasteiger partial charge in [0.1, 0.15) is 5.41 Å². The largest absolute Gasteiger partial charge is 0.465 e. The second-order valence-corrected chi connectivity index (χ2v) is 18.5. The van der Waals surface area contributed by atoms with Crippen LogP contribution in [0.25, 0.3) is 0 Å². The number of nitrogens with zero attached hydrogens (tertiary/aromatic N) is 1. The first-order chi connectivity index (χ1) is 17.8. The number of esters is 1. The first kappa shape index (κ1) is 28.7. The number of carbonyl (C=O) groups excluding carboxylic acids is 1. The Morgan fingerprint density at radius 2 is 1.79 bits per heavy atom. The van der Waals surface area contributed by atoms with E-state index in [0.29, 0.717) is 45.6 Å². The molecule has 3 saturated carbocycles. The fraction of sp³-hybridized carbons (Fsp3) is 0.900. The molecule has 2 aliphatic heterocycles. The molecular weight excluding hydrogens is 498 g/mol. The molecule has 5 aliphatic rings. The van der Waals surface area contributed by atoms with Gasteiger partial charge in [-0.05, 0) is 84.5 Å². The van der Waals surface area contributed by atoms with Crippen molar-refractivity contribution < 1.29 is 28.5 Å². The van der Waals surface area contributed by atoms with Gasteiger partial charge in [0, 0.05) is 30.8 Å². The number of ether oxygens (including phenoxy) is 3. The third-order valence-corrected chi connectivity index (χ3v) is 11.6. The Labute approximate surface area is 230 Å². The van der Waals surface area contributed by atoms with Crippen molar-refractivity contribution in [3.05, 3.63) is 12.2 Å². The molecule has 1 spiro atoms. The molecule has 38 heavy (non-hydrogen) atoms. The third kappa shape index (κ3) is 4.03. The summed E-state index contributed by atoms with van der Waals surface area (Å²) < 4.78 is 26.4. The van der Waals surface area contributed by atoms with Crippen LogP contribution in [0.5, 0.6) is 0 Å². The summed E-state index contributed by atoms with van der Waals surface area (Å²) in [5, 5.41) is 12.7. The Hall–Kier alpha value is -0.773. The van der Waals surface area contributed by atoms with Crippen LogP contribution in [0.3, 0.4) is 0 Å². The highest BCUT2D eigenvalue weighted by atomic mass is 28.4. The number of hydrogen-bond donors (Lipinski definition) is 1. The smallest absolute Gasteiger partial charge is 0.316 e. The van der Waals surface area contributed by atoms with E-state index in [9.17, 15) is 9.90 Å². The molecule has 2 saturated heterocycles. The van der Waals surface area contributed by atoms with Crippen LogP contribution in [0.1, 0.15) is 72.1 Å². The van der Waals surface area contributed by atoms with Crippen LogP contribution in [-0.4, -0.2) is 80.7 Å². The molecule has 5 rings (SSSR count). The fourth-order valence-electron chi connectivity index (χ4n) is 9.95. The lowest BCUT2D eigenvalue weighted by atomic mass is 9.44. The molecule has 8 heteroatoms. The molecule has 0 radical (unpaired) electrons. The standard InChI is InChI=1S/C30H51NO6Si/c1-8-31-20-26-12-10-13-27(21-31,25(32)34-9-2)30(26,37-38(5,6)7)16-15-28(33,19-22(3)4)24-23(26)11-14-29(24)35-17-18-36-29/h23-24,33H,3,8-21H2,1-2,4-7H3/t23-,24+,26-,27+,28+,30-/m1/s1. The van der Waals surface area contributed by atoms with Gasteiger partial charge in [-0.1, -0.05) is 18.9 Å². The van der Waals surface area contributed by atoms with Crippen molar-refractivity contribution in [1.29, 1.82) is 0 Å². The lowest BCUT2D eigenvalue weighted by Gasteiger charge is -2.69. The zero-order valence-corrected chi connectivity index (χ0v) is 25.7. The van der Waals surface area contributed by atoms with Crippen LogP contribution in [-0.2, 0) is 23.4 Å². The second-order valence-electron chi connectivity index (χ2n) is 14.0. The summed E-state index contributed by atoms with van der Waals surface area (Å²) in [5.74, 6) is -0.982. The van der Waals surface area contributed by atoms with Gasteiger partial charge in [-0.3, -0.25) is 4.79 Å². The van der Waals surface area contributed by atoms with Crippen molar-refractivity contribution in [2.45, 2.75) is 109 Å². The van der Waals surface area contributed by atoms with E-state index in [1.54, 1.807) is 0 Å². The maximum absolute atomic E-state index is 14.3. The molecular formula is C30H51NO6Si. The topological polar surface area (TPSA) is 77.5 Å². The van der Waals surface area contributed by atoms with E-state index in [2.05, 4.69) is 38.0 Å². The van der Waals surface area contributed by atoms with E-state index in [1.807, 2.05) is 13.8 Å². The first-order valence-corrected chi connectivity index (χ1v) is 18.5. The highest BCUT2D eigenvalue weighted by molar-refractivity contribution is 6.69. The van der Waals surface area contributed by atoms with E-state index in [4.69, 9.17) is 18.6 Å². The van der Waals surface area contributed by atoms with Crippen molar-refractivity contribution in [2.24, 2.45) is 22.7 Å². The van der Waals surface area contributed by atoms with Gasteiger partial charge in [0.15, 0.2) is 14.1 Å². The monoisotopic (exact) mass is 549 g/mol. The van der Waals surface area contributed by atoms with Gasteiger partial charge in [-0.25, -0.2) is 0 Å². The van der Waals surface area contributed by atoms with E-state index in [0.717, 1.165) is 50.8 Å². The first-order valence-electron chi connectivity index (χ1n) is 15.1. The molecule has 216 valence electrons.